The molecule has 0 saturated carbocycles. The number of fused-ring (bicyclic) bond motifs is 1. The van der Waals surface area contributed by atoms with Crippen molar-refractivity contribution in [1.82, 2.24) is 9.97 Å². The average molecular weight is 243 g/mol. The van der Waals surface area contributed by atoms with Crippen LogP contribution in [-0.2, 0) is 0 Å². The third kappa shape index (κ3) is 2.07. The van der Waals surface area contributed by atoms with E-state index < -0.39 is 0 Å². The SMILES string of the molecule is C[C@@H](Nc1ncccn1)c1ccc2c(c1)OCO2. The maximum atomic E-state index is 5.36. The number of benzene rings is 1. The molecular formula is C13H13N3O2. The zero-order valence-corrected chi connectivity index (χ0v) is 9.96. The van der Waals surface area contributed by atoms with E-state index in [1.165, 1.54) is 0 Å². The van der Waals surface area contributed by atoms with Crippen LogP contribution in [0, 0.1) is 0 Å². The summed E-state index contributed by atoms with van der Waals surface area (Å²) in [6.45, 7) is 2.34. The van der Waals surface area contributed by atoms with Crippen molar-refractivity contribution in [3.63, 3.8) is 0 Å². The Hall–Kier alpha value is -2.30. The van der Waals surface area contributed by atoms with E-state index in [0.717, 1.165) is 17.1 Å². The van der Waals surface area contributed by atoms with E-state index in [4.69, 9.17) is 9.47 Å². The van der Waals surface area contributed by atoms with Gasteiger partial charge in [-0.3, -0.25) is 0 Å². The van der Waals surface area contributed by atoms with Crippen LogP contribution in [0.5, 0.6) is 11.5 Å². The molecule has 1 atom stereocenters. The lowest BCUT2D eigenvalue weighted by Crippen LogP contribution is -2.08. The van der Waals surface area contributed by atoms with Gasteiger partial charge < -0.3 is 14.8 Å². The van der Waals surface area contributed by atoms with Gasteiger partial charge in [-0.2, -0.15) is 0 Å². The Labute approximate surface area is 105 Å². The van der Waals surface area contributed by atoms with Crippen LogP contribution in [0.2, 0.25) is 0 Å². The zero-order valence-electron chi connectivity index (χ0n) is 9.96. The van der Waals surface area contributed by atoms with Crippen molar-refractivity contribution < 1.29 is 9.47 Å². The highest BCUT2D eigenvalue weighted by Gasteiger charge is 2.15. The highest BCUT2D eigenvalue weighted by molar-refractivity contribution is 5.46. The molecule has 0 radical (unpaired) electrons. The summed E-state index contributed by atoms with van der Waals surface area (Å²) < 4.78 is 10.6. The van der Waals surface area contributed by atoms with Gasteiger partial charge in [0.05, 0.1) is 6.04 Å². The Morgan fingerprint density at radius 3 is 2.78 bits per heavy atom. The van der Waals surface area contributed by atoms with Gasteiger partial charge in [0.15, 0.2) is 11.5 Å². The molecule has 0 saturated heterocycles. The molecule has 5 nitrogen and oxygen atoms in total. The van der Waals surface area contributed by atoms with Crippen LogP contribution in [0.15, 0.2) is 36.7 Å². The minimum Gasteiger partial charge on any atom is -0.454 e. The largest absolute Gasteiger partial charge is 0.454 e. The maximum absolute atomic E-state index is 5.36. The normalized spacial score (nSPS) is 14.3. The predicted octanol–water partition coefficient (Wildman–Crippen LogP) is 2.38. The average Bonchev–Trinajstić information content (AvgIpc) is 2.87. The number of anilines is 1. The second kappa shape index (κ2) is 4.52. The molecule has 92 valence electrons. The number of aromatic nitrogens is 2. The minimum absolute atomic E-state index is 0.0990. The summed E-state index contributed by atoms with van der Waals surface area (Å²) in [5, 5.41) is 3.23. The fraction of sp³-hybridized carbons (Fsp3) is 0.231. The molecule has 1 N–H and O–H groups in total. The van der Waals surface area contributed by atoms with Gasteiger partial charge in [0.1, 0.15) is 0 Å². The summed E-state index contributed by atoms with van der Waals surface area (Å²) in [5.74, 6) is 2.19. The number of rotatable bonds is 3. The smallest absolute Gasteiger partial charge is 0.231 e. The maximum Gasteiger partial charge on any atom is 0.231 e. The minimum atomic E-state index is 0.0990. The van der Waals surface area contributed by atoms with Gasteiger partial charge in [0, 0.05) is 12.4 Å². The molecule has 0 bridgehead atoms. The quantitative estimate of drug-likeness (QED) is 0.896. The van der Waals surface area contributed by atoms with E-state index in [-0.39, 0.29) is 6.04 Å². The van der Waals surface area contributed by atoms with Crippen molar-refractivity contribution in [1.29, 1.82) is 0 Å². The summed E-state index contributed by atoms with van der Waals surface area (Å²) in [6.07, 6.45) is 3.42. The van der Waals surface area contributed by atoms with Gasteiger partial charge >= 0.3 is 0 Å². The van der Waals surface area contributed by atoms with E-state index in [2.05, 4.69) is 15.3 Å². The third-order valence-corrected chi connectivity index (χ3v) is 2.81. The molecule has 1 aliphatic heterocycles. The van der Waals surface area contributed by atoms with E-state index in [9.17, 15) is 0 Å². The number of hydrogen-bond acceptors (Lipinski definition) is 5. The molecule has 3 rings (SSSR count). The van der Waals surface area contributed by atoms with Crippen molar-refractivity contribution in [2.24, 2.45) is 0 Å². The van der Waals surface area contributed by atoms with Crippen LogP contribution in [-0.4, -0.2) is 16.8 Å². The number of ether oxygens (including phenoxy) is 2. The lowest BCUT2D eigenvalue weighted by atomic mass is 10.1. The van der Waals surface area contributed by atoms with Crippen molar-refractivity contribution in [3.8, 4) is 11.5 Å². The summed E-state index contributed by atoms with van der Waals surface area (Å²) in [4.78, 5) is 8.28. The Balaban J connectivity index is 1.78. The molecule has 0 amide bonds. The topological polar surface area (TPSA) is 56.3 Å². The Bertz CT molecular complexity index is 545. The Morgan fingerprint density at radius 2 is 1.94 bits per heavy atom. The van der Waals surface area contributed by atoms with Gasteiger partial charge in [-0.1, -0.05) is 6.07 Å². The predicted molar refractivity (Wildman–Crippen MR) is 66.6 cm³/mol. The first-order valence-corrected chi connectivity index (χ1v) is 5.76. The van der Waals surface area contributed by atoms with E-state index in [1.54, 1.807) is 18.5 Å². The second-order valence-electron chi connectivity index (χ2n) is 4.05. The molecule has 1 aliphatic rings. The molecule has 18 heavy (non-hydrogen) atoms. The molecule has 0 spiro atoms. The first kappa shape index (κ1) is 10.8. The van der Waals surface area contributed by atoms with Gasteiger partial charge in [0.2, 0.25) is 12.7 Å². The summed E-state index contributed by atoms with van der Waals surface area (Å²) in [5.41, 5.74) is 1.10. The number of nitrogens with zero attached hydrogens (tertiary/aromatic N) is 2. The van der Waals surface area contributed by atoms with Gasteiger partial charge in [-0.05, 0) is 30.7 Å². The van der Waals surface area contributed by atoms with Gasteiger partial charge in [0.25, 0.3) is 0 Å². The monoisotopic (exact) mass is 243 g/mol. The molecule has 0 fully saturated rings. The first-order chi connectivity index (χ1) is 8.83. The van der Waals surface area contributed by atoms with E-state index in [1.807, 2.05) is 25.1 Å². The zero-order chi connectivity index (χ0) is 12.4. The number of hydrogen-bond donors (Lipinski definition) is 1. The summed E-state index contributed by atoms with van der Waals surface area (Å²) in [6, 6.07) is 7.79. The van der Waals surface area contributed by atoms with Crippen LogP contribution in [0.1, 0.15) is 18.5 Å². The van der Waals surface area contributed by atoms with Gasteiger partial charge in [-0.15, -0.1) is 0 Å². The summed E-state index contributed by atoms with van der Waals surface area (Å²) in [7, 11) is 0. The molecule has 2 heterocycles. The molecule has 0 unspecified atom stereocenters. The Morgan fingerprint density at radius 1 is 1.17 bits per heavy atom. The fourth-order valence-electron chi connectivity index (χ4n) is 1.83. The highest BCUT2D eigenvalue weighted by atomic mass is 16.7. The van der Waals surface area contributed by atoms with Crippen LogP contribution in [0.25, 0.3) is 0 Å². The molecule has 1 aromatic carbocycles. The Kier molecular flexibility index (Phi) is 2.72. The standard InChI is InChI=1S/C13H13N3O2/c1-9(16-13-14-5-2-6-15-13)10-3-4-11-12(7-10)18-8-17-11/h2-7,9H,8H2,1H3,(H,14,15,16)/t9-/m1/s1. The van der Waals surface area contributed by atoms with Crippen molar-refractivity contribution >= 4 is 5.95 Å². The van der Waals surface area contributed by atoms with Crippen molar-refractivity contribution in [2.45, 2.75) is 13.0 Å². The molecule has 2 aromatic rings. The van der Waals surface area contributed by atoms with Gasteiger partial charge in [-0.25, -0.2) is 9.97 Å². The highest BCUT2D eigenvalue weighted by Crippen LogP contribution is 2.34. The van der Waals surface area contributed by atoms with Crippen molar-refractivity contribution in [3.05, 3.63) is 42.2 Å². The lowest BCUT2D eigenvalue weighted by molar-refractivity contribution is 0.174. The molecular weight excluding hydrogens is 230 g/mol. The first-order valence-electron chi connectivity index (χ1n) is 5.76. The van der Waals surface area contributed by atoms with Crippen LogP contribution >= 0.6 is 0 Å². The van der Waals surface area contributed by atoms with Crippen molar-refractivity contribution in [2.75, 3.05) is 12.1 Å². The summed E-state index contributed by atoms with van der Waals surface area (Å²) >= 11 is 0. The molecule has 0 aliphatic carbocycles. The second-order valence-corrected chi connectivity index (χ2v) is 4.05. The molecule has 1 aromatic heterocycles. The van der Waals surface area contributed by atoms with Crippen LogP contribution < -0.4 is 14.8 Å². The molecule has 5 heteroatoms. The van der Waals surface area contributed by atoms with E-state index >= 15 is 0 Å². The fourth-order valence-corrected chi connectivity index (χ4v) is 1.83. The van der Waals surface area contributed by atoms with Crippen LogP contribution in [0.3, 0.4) is 0 Å². The lowest BCUT2D eigenvalue weighted by Gasteiger charge is -2.14. The number of nitrogens with one attached hydrogen (secondary N) is 1. The van der Waals surface area contributed by atoms with Crippen LogP contribution in [0.4, 0.5) is 5.95 Å². The third-order valence-electron chi connectivity index (χ3n) is 2.81. The van der Waals surface area contributed by atoms with E-state index in [0.29, 0.717) is 12.7 Å².